The van der Waals surface area contributed by atoms with Gasteiger partial charge in [0.2, 0.25) is 0 Å². The normalized spacial score (nSPS) is 25.6. The van der Waals surface area contributed by atoms with Gasteiger partial charge in [0.1, 0.15) is 0 Å². The lowest BCUT2D eigenvalue weighted by atomic mass is 9.96. The first-order chi connectivity index (χ1) is 14.3. The lowest BCUT2D eigenvalue weighted by molar-refractivity contribution is -0.137. The van der Waals surface area contributed by atoms with Gasteiger partial charge in [-0.15, -0.1) is 0 Å². The molecular weight excluding hydrogens is 393 g/mol. The van der Waals surface area contributed by atoms with Crippen LogP contribution in [-0.2, 0) is 10.9 Å². The molecule has 0 aromatic carbocycles. The highest BCUT2D eigenvalue weighted by Crippen LogP contribution is 2.42. The summed E-state index contributed by atoms with van der Waals surface area (Å²) < 4.78 is 47.4. The summed E-state index contributed by atoms with van der Waals surface area (Å²) in [7, 11) is 0. The van der Waals surface area contributed by atoms with Gasteiger partial charge in [0.15, 0.2) is 0 Å². The predicted octanol–water partition coefficient (Wildman–Crippen LogP) is 4.81. The summed E-state index contributed by atoms with van der Waals surface area (Å²) >= 11 is 0. The average Bonchev–Trinajstić information content (AvgIpc) is 3.28. The summed E-state index contributed by atoms with van der Waals surface area (Å²) in [5, 5.41) is 8.13. The highest BCUT2D eigenvalue weighted by atomic mass is 19.4. The van der Waals surface area contributed by atoms with E-state index < -0.39 is 11.7 Å². The van der Waals surface area contributed by atoms with Crippen molar-refractivity contribution in [1.82, 2.24) is 20.1 Å². The molecule has 1 unspecified atom stereocenters. The van der Waals surface area contributed by atoms with Crippen LogP contribution in [0.25, 0.3) is 11.3 Å². The Balaban J connectivity index is 1.58. The molecular formula is C22H29F3N4O. The summed E-state index contributed by atoms with van der Waals surface area (Å²) in [6, 6.07) is 3.21. The van der Waals surface area contributed by atoms with E-state index in [-0.39, 0.29) is 12.1 Å². The fraction of sp³-hybridized carbons (Fsp3) is 0.636. The van der Waals surface area contributed by atoms with Gasteiger partial charge in [-0.05, 0) is 64.1 Å². The lowest BCUT2D eigenvalue weighted by Gasteiger charge is -2.22. The van der Waals surface area contributed by atoms with Crippen molar-refractivity contribution < 1.29 is 17.9 Å². The van der Waals surface area contributed by atoms with Gasteiger partial charge in [-0.1, -0.05) is 0 Å². The van der Waals surface area contributed by atoms with E-state index in [4.69, 9.17) is 4.74 Å². The largest absolute Gasteiger partial charge is 0.417 e. The number of nitrogens with one attached hydrogen (secondary N) is 1. The first kappa shape index (κ1) is 21.3. The van der Waals surface area contributed by atoms with E-state index in [1.807, 2.05) is 10.7 Å². The number of halogens is 3. The molecule has 0 amide bonds. The van der Waals surface area contributed by atoms with Crippen molar-refractivity contribution in [3.8, 4) is 11.3 Å². The molecule has 3 heterocycles. The number of pyridine rings is 1. The highest BCUT2D eigenvalue weighted by molar-refractivity contribution is 5.59. The zero-order valence-electron chi connectivity index (χ0n) is 17.5. The van der Waals surface area contributed by atoms with E-state index in [0.29, 0.717) is 23.1 Å². The summed E-state index contributed by atoms with van der Waals surface area (Å²) in [5.74, 6) is 0.832. The second kappa shape index (κ2) is 8.67. The quantitative estimate of drug-likeness (QED) is 0.769. The van der Waals surface area contributed by atoms with Crippen molar-refractivity contribution in [2.24, 2.45) is 5.92 Å². The van der Waals surface area contributed by atoms with Gasteiger partial charge in [-0.2, -0.15) is 18.3 Å². The molecule has 2 aromatic heterocycles. The van der Waals surface area contributed by atoms with Gasteiger partial charge in [0.25, 0.3) is 0 Å². The van der Waals surface area contributed by atoms with Gasteiger partial charge in [-0.25, -0.2) is 0 Å². The number of alkyl halides is 3. The van der Waals surface area contributed by atoms with Gasteiger partial charge in [0.05, 0.1) is 17.4 Å². The number of rotatable bonds is 4. The molecule has 0 spiro atoms. The maximum absolute atomic E-state index is 13.1. The second-order valence-corrected chi connectivity index (χ2v) is 8.69. The van der Waals surface area contributed by atoms with Crippen LogP contribution < -0.4 is 5.32 Å². The first-order valence-electron chi connectivity index (χ1n) is 10.8. The van der Waals surface area contributed by atoms with E-state index in [0.717, 1.165) is 63.3 Å². The Hall–Kier alpha value is -1.93. The van der Waals surface area contributed by atoms with Crippen LogP contribution in [-0.4, -0.2) is 40.6 Å². The van der Waals surface area contributed by atoms with Crippen LogP contribution in [0.3, 0.4) is 0 Å². The molecule has 0 bridgehead atoms. The molecule has 0 radical (unpaired) electrons. The zero-order valence-corrected chi connectivity index (χ0v) is 17.5. The Morgan fingerprint density at radius 2 is 2.03 bits per heavy atom. The zero-order chi connectivity index (χ0) is 21.3. The third-order valence-electron chi connectivity index (χ3n) is 6.21. The van der Waals surface area contributed by atoms with Crippen molar-refractivity contribution in [2.45, 2.75) is 63.8 Å². The maximum atomic E-state index is 13.1. The predicted molar refractivity (Wildman–Crippen MR) is 108 cm³/mol. The van der Waals surface area contributed by atoms with E-state index in [1.54, 1.807) is 0 Å². The second-order valence-electron chi connectivity index (χ2n) is 8.69. The molecule has 5 nitrogen and oxygen atoms in total. The molecule has 1 aliphatic heterocycles. The molecule has 4 rings (SSSR count). The minimum atomic E-state index is -4.42. The SMILES string of the molecule is CC(C)n1nc(-c2cncc(C(F)(F)F)c2)cc1[C@H]1CC[C@H](C2CNCCCO2)C1. The molecule has 1 saturated carbocycles. The summed E-state index contributed by atoms with van der Waals surface area (Å²) in [4.78, 5) is 3.80. The molecule has 1 N–H and O–H groups in total. The Labute approximate surface area is 175 Å². The summed E-state index contributed by atoms with van der Waals surface area (Å²) in [6.07, 6.45) is 2.33. The van der Waals surface area contributed by atoms with E-state index in [9.17, 15) is 13.2 Å². The van der Waals surface area contributed by atoms with Gasteiger partial charge >= 0.3 is 6.18 Å². The Bertz CT molecular complexity index is 856. The van der Waals surface area contributed by atoms with Crippen LogP contribution in [0.4, 0.5) is 13.2 Å². The standard InChI is InChI=1S/C22H29F3N4O/c1-14(2)29-20(15-4-5-16(8-15)21-13-26-6-3-7-30-21)10-19(28-29)17-9-18(12-27-11-17)22(23,24)25/h9-12,14-16,21,26H,3-8,13H2,1-2H3/t15-,16-,21?/m0/s1. The van der Waals surface area contributed by atoms with Crippen molar-refractivity contribution >= 4 is 0 Å². The third kappa shape index (κ3) is 4.54. The molecule has 8 heteroatoms. The lowest BCUT2D eigenvalue weighted by Crippen LogP contribution is -2.31. The number of hydrogen-bond donors (Lipinski definition) is 1. The molecule has 30 heavy (non-hydrogen) atoms. The maximum Gasteiger partial charge on any atom is 0.417 e. The van der Waals surface area contributed by atoms with Gasteiger partial charge in [0, 0.05) is 48.8 Å². The Morgan fingerprint density at radius 1 is 1.20 bits per heavy atom. The molecule has 164 valence electrons. The van der Waals surface area contributed by atoms with Crippen molar-refractivity contribution in [2.75, 3.05) is 19.7 Å². The molecule has 2 aliphatic rings. The van der Waals surface area contributed by atoms with Crippen molar-refractivity contribution in [3.63, 3.8) is 0 Å². The smallest absolute Gasteiger partial charge is 0.377 e. The number of hydrogen-bond acceptors (Lipinski definition) is 4. The minimum Gasteiger partial charge on any atom is -0.377 e. The van der Waals surface area contributed by atoms with Crippen molar-refractivity contribution in [3.05, 3.63) is 35.8 Å². The van der Waals surface area contributed by atoms with Crippen LogP contribution in [0, 0.1) is 5.92 Å². The highest BCUT2D eigenvalue weighted by Gasteiger charge is 2.35. The van der Waals surface area contributed by atoms with E-state index in [1.165, 1.54) is 6.20 Å². The fourth-order valence-corrected chi connectivity index (χ4v) is 4.66. The van der Waals surface area contributed by atoms with Crippen LogP contribution in [0.2, 0.25) is 0 Å². The van der Waals surface area contributed by atoms with Crippen LogP contribution >= 0.6 is 0 Å². The molecule has 2 fully saturated rings. The average molecular weight is 422 g/mol. The number of nitrogens with zero attached hydrogens (tertiary/aromatic N) is 3. The van der Waals surface area contributed by atoms with Gasteiger partial charge in [-0.3, -0.25) is 9.67 Å². The Kier molecular flexibility index (Phi) is 6.16. The van der Waals surface area contributed by atoms with E-state index >= 15 is 0 Å². The molecule has 1 saturated heterocycles. The molecule has 2 aromatic rings. The monoisotopic (exact) mass is 422 g/mol. The number of ether oxygens (including phenoxy) is 1. The minimum absolute atomic E-state index is 0.127. The van der Waals surface area contributed by atoms with Crippen LogP contribution in [0.15, 0.2) is 24.5 Å². The summed E-state index contributed by atoms with van der Waals surface area (Å²) in [6.45, 7) is 6.80. The fourth-order valence-electron chi connectivity index (χ4n) is 4.66. The van der Waals surface area contributed by atoms with Gasteiger partial charge < -0.3 is 10.1 Å². The van der Waals surface area contributed by atoms with Crippen LogP contribution in [0.5, 0.6) is 0 Å². The third-order valence-corrected chi connectivity index (χ3v) is 6.21. The van der Waals surface area contributed by atoms with Crippen LogP contribution in [0.1, 0.15) is 62.7 Å². The molecule has 3 atom stereocenters. The first-order valence-corrected chi connectivity index (χ1v) is 10.8. The van der Waals surface area contributed by atoms with E-state index in [2.05, 4.69) is 29.2 Å². The topological polar surface area (TPSA) is 52.0 Å². The summed E-state index contributed by atoms with van der Waals surface area (Å²) in [5.41, 5.74) is 1.30. The van der Waals surface area contributed by atoms with Crippen molar-refractivity contribution in [1.29, 1.82) is 0 Å². The molecule has 1 aliphatic carbocycles. The Morgan fingerprint density at radius 3 is 2.80 bits per heavy atom. The number of aromatic nitrogens is 3.